The third-order valence-corrected chi connectivity index (χ3v) is 3.83. The summed E-state index contributed by atoms with van der Waals surface area (Å²) in [6.07, 6.45) is 2.18. The molecule has 0 unspecified atom stereocenters. The fourth-order valence-electron chi connectivity index (χ4n) is 2.02. The van der Waals surface area contributed by atoms with E-state index < -0.39 is 0 Å². The number of pyridine rings is 1. The summed E-state index contributed by atoms with van der Waals surface area (Å²) in [6, 6.07) is 9.55. The predicted octanol–water partition coefficient (Wildman–Crippen LogP) is 3.74. The van der Waals surface area contributed by atoms with Crippen molar-refractivity contribution in [2.45, 2.75) is 6.42 Å². The summed E-state index contributed by atoms with van der Waals surface area (Å²) < 4.78 is 0.557. The predicted molar refractivity (Wildman–Crippen MR) is 81.0 cm³/mol. The molecule has 0 radical (unpaired) electrons. The summed E-state index contributed by atoms with van der Waals surface area (Å²) in [6.45, 7) is 0. The van der Waals surface area contributed by atoms with Crippen molar-refractivity contribution in [2.75, 3.05) is 0 Å². The lowest BCUT2D eigenvalue weighted by molar-refractivity contribution is 0.449. The zero-order valence-electron chi connectivity index (χ0n) is 10.2. The Morgan fingerprint density at radius 2 is 1.90 bits per heavy atom. The van der Waals surface area contributed by atoms with Gasteiger partial charge in [-0.25, -0.2) is 4.98 Å². The van der Waals surface area contributed by atoms with Gasteiger partial charge in [0.1, 0.15) is 0 Å². The monoisotopic (exact) mass is 349 g/mol. The first-order valence-corrected chi connectivity index (χ1v) is 7.05. The molecule has 2 aromatic heterocycles. The Morgan fingerprint density at radius 3 is 2.65 bits per heavy atom. The van der Waals surface area contributed by atoms with Crippen molar-refractivity contribution in [3.63, 3.8) is 0 Å². The quantitative estimate of drug-likeness (QED) is 0.765. The molecule has 0 saturated carbocycles. The average molecular weight is 351 g/mol. The fraction of sp³-hybridized carbons (Fsp3) is 0.0714. The van der Waals surface area contributed by atoms with Crippen molar-refractivity contribution in [3.8, 4) is 5.88 Å². The molecule has 4 nitrogen and oxygen atoms in total. The second kappa shape index (κ2) is 5.34. The molecule has 20 heavy (non-hydrogen) atoms. The van der Waals surface area contributed by atoms with Crippen LogP contribution >= 0.6 is 27.5 Å². The number of hydrogen-bond acceptors (Lipinski definition) is 4. The fourth-order valence-corrected chi connectivity index (χ4v) is 2.62. The molecule has 6 heteroatoms. The Balaban J connectivity index is 2.06. The zero-order chi connectivity index (χ0) is 14.1. The topological polar surface area (TPSA) is 58.9 Å². The molecule has 0 aliphatic carbocycles. The van der Waals surface area contributed by atoms with E-state index >= 15 is 0 Å². The molecule has 1 aromatic carbocycles. The number of halogens is 2. The lowest BCUT2D eigenvalue weighted by Crippen LogP contribution is -1.98. The van der Waals surface area contributed by atoms with Gasteiger partial charge in [0.2, 0.25) is 5.88 Å². The highest BCUT2D eigenvalue weighted by Gasteiger charge is 2.09. The zero-order valence-corrected chi connectivity index (χ0v) is 12.6. The van der Waals surface area contributed by atoms with Gasteiger partial charge in [-0.2, -0.15) is 5.10 Å². The molecule has 0 bridgehead atoms. The Labute approximate surface area is 128 Å². The molecule has 0 amide bonds. The molecule has 0 saturated heterocycles. The van der Waals surface area contributed by atoms with E-state index in [4.69, 9.17) is 11.6 Å². The van der Waals surface area contributed by atoms with E-state index in [9.17, 15) is 5.11 Å². The van der Waals surface area contributed by atoms with E-state index in [1.165, 1.54) is 0 Å². The van der Waals surface area contributed by atoms with Crippen molar-refractivity contribution in [2.24, 2.45) is 0 Å². The summed E-state index contributed by atoms with van der Waals surface area (Å²) in [5.74, 6) is -0.0270. The number of rotatable bonds is 2. The Kier molecular flexibility index (Phi) is 3.54. The van der Waals surface area contributed by atoms with Crippen molar-refractivity contribution in [1.29, 1.82) is 0 Å². The first-order valence-electron chi connectivity index (χ1n) is 5.88. The first kappa shape index (κ1) is 13.3. The first-order chi connectivity index (χ1) is 9.65. The minimum atomic E-state index is -0.0270. The highest BCUT2D eigenvalue weighted by Crippen LogP contribution is 2.26. The SMILES string of the molecule is Oc1ncc(Cc2nnc(Cl)c3ccccc23)cc1Br. The van der Waals surface area contributed by atoms with E-state index in [2.05, 4.69) is 31.1 Å². The molecule has 1 N–H and O–H groups in total. The summed E-state index contributed by atoms with van der Waals surface area (Å²) >= 11 is 9.30. The molecular weight excluding hydrogens is 342 g/mol. The van der Waals surface area contributed by atoms with Crippen LogP contribution in [0.3, 0.4) is 0 Å². The molecule has 3 aromatic rings. The third kappa shape index (κ3) is 2.46. The van der Waals surface area contributed by atoms with Crippen LogP contribution in [0.1, 0.15) is 11.3 Å². The second-order valence-corrected chi connectivity index (χ2v) is 5.52. The van der Waals surface area contributed by atoms with Gasteiger partial charge in [0.15, 0.2) is 5.15 Å². The van der Waals surface area contributed by atoms with Gasteiger partial charge in [-0.15, -0.1) is 5.10 Å². The van der Waals surface area contributed by atoms with Gasteiger partial charge in [-0.3, -0.25) is 0 Å². The van der Waals surface area contributed by atoms with E-state index in [0.29, 0.717) is 16.0 Å². The highest BCUT2D eigenvalue weighted by molar-refractivity contribution is 9.10. The van der Waals surface area contributed by atoms with Crippen LogP contribution in [0.25, 0.3) is 10.8 Å². The molecular formula is C14H9BrClN3O. The Bertz CT molecular complexity index is 794. The van der Waals surface area contributed by atoms with E-state index in [1.54, 1.807) is 6.20 Å². The Morgan fingerprint density at radius 1 is 1.15 bits per heavy atom. The van der Waals surface area contributed by atoms with Crippen molar-refractivity contribution in [1.82, 2.24) is 15.2 Å². The van der Waals surface area contributed by atoms with Gasteiger partial charge in [-0.05, 0) is 27.6 Å². The minimum absolute atomic E-state index is 0.0270. The lowest BCUT2D eigenvalue weighted by Gasteiger charge is -2.06. The molecule has 0 fully saturated rings. The van der Waals surface area contributed by atoms with Crippen molar-refractivity contribution >= 4 is 38.3 Å². The van der Waals surface area contributed by atoms with E-state index in [1.807, 2.05) is 30.3 Å². The van der Waals surface area contributed by atoms with Crippen LogP contribution < -0.4 is 0 Å². The number of nitrogens with zero attached hydrogens (tertiary/aromatic N) is 3. The number of aromatic nitrogens is 3. The molecule has 3 rings (SSSR count). The molecule has 0 spiro atoms. The molecule has 100 valence electrons. The summed E-state index contributed by atoms with van der Waals surface area (Å²) in [5, 5.41) is 19.8. The summed E-state index contributed by atoms with van der Waals surface area (Å²) in [7, 11) is 0. The molecule has 0 aliphatic rings. The highest BCUT2D eigenvalue weighted by atomic mass is 79.9. The van der Waals surface area contributed by atoms with Gasteiger partial charge < -0.3 is 5.11 Å². The number of aromatic hydroxyl groups is 1. The molecule has 2 heterocycles. The van der Waals surface area contributed by atoms with Crippen LogP contribution in [0.5, 0.6) is 5.88 Å². The van der Waals surface area contributed by atoms with Crippen LogP contribution in [0, 0.1) is 0 Å². The van der Waals surface area contributed by atoms with Crippen LogP contribution in [0.2, 0.25) is 5.15 Å². The van der Waals surface area contributed by atoms with Gasteiger partial charge in [0.05, 0.1) is 10.2 Å². The van der Waals surface area contributed by atoms with Crippen molar-refractivity contribution < 1.29 is 5.11 Å². The summed E-state index contributed by atoms with van der Waals surface area (Å²) in [4.78, 5) is 3.91. The van der Waals surface area contributed by atoms with Gasteiger partial charge >= 0.3 is 0 Å². The van der Waals surface area contributed by atoms with Crippen LogP contribution in [0.4, 0.5) is 0 Å². The average Bonchev–Trinajstić information content (AvgIpc) is 2.46. The van der Waals surface area contributed by atoms with Crippen LogP contribution in [0.15, 0.2) is 41.0 Å². The third-order valence-electron chi connectivity index (χ3n) is 2.97. The number of benzene rings is 1. The largest absolute Gasteiger partial charge is 0.492 e. The smallest absolute Gasteiger partial charge is 0.225 e. The standard InChI is InChI=1S/C14H9BrClN3O/c15-11-5-8(7-17-14(11)20)6-12-9-3-1-2-4-10(9)13(16)19-18-12/h1-5,7H,6H2,(H,17,20). The maximum Gasteiger partial charge on any atom is 0.225 e. The minimum Gasteiger partial charge on any atom is -0.492 e. The Hall–Kier alpha value is -1.72. The van der Waals surface area contributed by atoms with E-state index in [-0.39, 0.29) is 5.88 Å². The number of fused-ring (bicyclic) bond motifs is 1. The number of hydrogen-bond donors (Lipinski definition) is 1. The van der Waals surface area contributed by atoms with Crippen LogP contribution in [-0.4, -0.2) is 20.3 Å². The summed E-state index contributed by atoms with van der Waals surface area (Å²) in [5.41, 5.74) is 1.75. The molecule has 0 atom stereocenters. The normalized spacial score (nSPS) is 10.9. The second-order valence-electron chi connectivity index (χ2n) is 4.31. The maximum atomic E-state index is 9.41. The maximum absolute atomic E-state index is 9.41. The molecule has 0 aliphatic heterocycles. The van der Waals surface area contributed by atoms with E-state index in [0.717, 1.165) is 22.0 Å². The lowest BCUT2D eigenvalue weighted by atomic mass is 10.1. The van der Waals surface area contributed by atoms with Gasteiger partial charge in [-0.1, -0.05) is 35.9 Å². The van der Waals surface area contributed by atoms with Crippen LogP contribution in [-0.2, 0) is 6.42 Å². The van der Waals surface area contributed by atoms with Gasteiger partial charge in [0, 0.05) is 23.4 Å². The van der Waals surface area contributed by atoms with Gasteiger partial charge in [0.25, 0.3) is 0 Å². The van der Waals surface area contributed by atoms with Crippen molar-refractivity contribution in [3.05, 3.63) is 57.4 Å².